The fourth-order valence-corrected chi connectivity index (χ4v) is 2.71. The number of hydrogen-bond acceptors (Lipinski definition) is 5. The quantitative estimate of drug-likeness (QED) is 0.867. The second kappa shape index (κ2) is 6.98. The van der Waals surface area contributed by atoms with Crippen molar-refractivity contribution in [1.82, 2.24) is 5.32 Å². The summed E-state index contributed by atoms with van der Waals surface area (Å²) in [6, 6.07) is 3.62. The minimum absolute atomic E-state index is 0.119. The Morgan fingerprint density at radius 1 is 1.14 bits per heavy atom. The Morgan fingerprint density at radius 2 is 1.73 bits per heavy atom. The van der Waals surface area contributed by atoms with Crippen LogP contribution in [0.4, 0.5) is 5.69 Å². The van der Waals surface area contributed by atoms with Crippen LogP contribution in [0.3, 0.4) is 0 Å². The Hall–Kier alpha value is -1.79. The van der Waals surface area contributed by atoms with Crippen LogP contribution < -0.4 is 20.1 Å². The predicted octanol–water partition coefficient (Wildman–Crippen LogP) is 1.72. The van der Waals surface area contributed by atoms with Gasteiger partial charge in [-0.2, -0.15) is 0 Å². The first-order valence-electron chi connectivity index (χ1n) is 7.36. The third kappa shape index (κ3) is 3.18. The van der Waals surface area contributed by atoms with Gasteiger partial charge in [0, 0.05) is 18.9 Å². The molecule has 0 radical (unpaired) electrons. The van der Waals surface area contributed by atoms with Crippen molar-refractivity contribution in [3.8, 4) is 11.5 Å². The van der Waals surface area contributed by atoms with Gasteiger partial charge in [0.05, 0.1) is 14.2 Å². The number of methoxy groups -OCH3 is 3. The third-order valence-corrected chi connectivity index (χ3v) is 4.19. The topological polar surface area (TPSA) is 68.8 Å². The van der Waals surface area contributed by atoms with E-state index in [9.17, 15) is 4.79 Å². The standard InChI is InChI=1S/C16H24N2O4/c1-11-9-13(20-2)14(21-3)10-12(11)18-15(19)16(22-4)5-7-17-8-6-16/h9-10,17H,5-8H2,1-4H3,(H,18,19). The third-order valence-electron chi connectivity index (χ3n) is 4.19. The Morgan fingerprint density at radius 3 is 2.27 bits per heavy atom. The van der Waals surface area contributed by atoms with Crippen molar-refractivity contribution in [2.75, 3.05) is 39.7 Å². The summed E-state index contributed by atoms with van der Waals surface area (Å²) in [5, 5.41) is 6.21. The maximum absolute atomic E-state index is 12.7. The number of piperidine rings is 1. The molecule has 0 aromatic heterocycles. The van der Waals surface area contributed by atoms with Crippen molar-refractivity contribution in [1.29, 1.82) is 0 Å². The molecule has 2 N–H and O–H groups in total. The average Bonchev–Trinajstić information content (AvgIpc) is 2.56. The Kier molecular flexibility index (Phi) is 5.26. The van der Waals surface area contributed by atoms with E-state index in [2.05, 4.69) is 10.6 Å². The molecule has 0 aliphatic carbocycles. The average molecular weight is 308 g/mol. The highest BCUT2D eigenvalue weighted by molar-refractivity contribution is 5.98. The molecule has 1 aliphatic rings. The van der Waals surface area contributed by atoms with E-state index in [-0.39, 0.29) is 5.91 Å². The van der Waals surface area contributed by atoms with Gasteiger partial charge in [-0.25, -0.2) is 0 Å². The van der Waals surface area contributed by atoms with Crippen molar-refractivity contribution in [2.45, 2.75) is 25.4 Å². The van der Waals surface area contributed by atoms with Crippen LogP contribution in [-0.4, -0.2) is 45.9 Å². The predicted molar refractivity (Wildman–Crippen MR) is 84.8 cm³/mol. The van der Waals surface area contributed by atoms with Crippen LogP contribution in [0, 0.1) is 6.92 Å². The Bertz CT molecular complexity index is 539. The molecule has 0 atom stereocenters. The zero-order valence-corrected chi connectivity index (χ0v) is 13.6. The molecule has 0 spiro atoms. The second-order valence-corrected chi connectivity index (χ2v) is 5.42. The highest BCUT2D eigenvalue weighted by Gasteiger charge is 2.39. The molecule has 1 aromatic rings. The van der Waals surface area contributed by atoms with E-state index < -0.39 is 5.60 Å². The maximum Gasteiger partial charge on any atom is 0.256 e. The number of anilines is 1. The zero-order valence-electron chi connectivity index (χ0n) is 13.6. The molecule has 0 bridgehead atoms. The number of carbonyl (C=O) groups excluding carboxylic acids is 1. The number of ether oxygens (including phenoxy) is 3. The molecular weight excluding hydrogens is 284 g/mol. The summed E-state index contributed by atoms with van der Waals surface area (Å²) >= 11 is 0. The molecule has 1 fully saturated rings. The van der Waals surface area contributed by atoms with Gasteiger partial charge >= 0.3 is 0 Å². The highest BCUT2D eigenvalue weighted by Crippen LogP contribution is 2.34. The van der Waals surface area contributed by atoms with Crippen LogP contribution >= 0.6 is 0 Å². The number of benzene rings is 1. The molecule has 1 aliphatic heterocycles. The molecule has 6 heteroatoms. The number of rotatable bonds is 5. The fourth-order valence-electron chi connectivity index (χ4n) is 2.71. The van der Waals surface area contributed by atoms with Crippen molar-refractivity contribution in [3.05, 3.63) is 17.7 Å². The summed E-state index contributed by atoms with van der Waals surface area (Å²) in [5.74, 6) is 1.10. The van der Waals surface area contributed by atoms with Crippen LogP contribution in [0.2, 0.25) is 0 Å². The highest BCUT2D eigenvalue weighted by atomic mass is 16.5. The van der Waals surface area contributed by atoms with Crippen molar-refractivity contribution >= 4 is 11.6 Å². The first-order valence-corrected chi connectivity index (χ1v) is 7.36. The molecular formula is C16H24N2O4. The SMILES string of the molecule is COc1cc(C)c(NC(=O)C2(OC)CCNCC2)cc1OC. The fraction of sp³-hybridized carbons (Fsp3) is 0.562. The van der Waals surface area contributed by atoms with Crippen molar-refractivity contribution in [3.63, 3.8) is 0 Å². The van der Waals surface area contributed by atoms with Crippen molar-refractivity contribution in [2.24, 2.45) is 0 Å². The van der Waals surface area contributed by atoms with E-state index in [1.807, 2.05) is 13.0 Å². The van der Waals surface area contributed by atoms with Gasteiger partial charge in [0.15, 0.2) is 11.5 Å². The van der Waals surface area contributed by atoms with Crippen molar-refractivity contribution < 1.29 is 19.0 Å². The molecule has 122 valence electrons. The number of hydrogen-bond donors (Lipinski definition) is 2. The lowest BCUT2D eigenvalue weighted by Crippen LogP contribution is -2.51. The van der Waals surface area contributed by atoms with E-state index in [1.165, 1.54) is 0 Å². The van der Waals surface area contributed by atoms with Gasteiger partial charge in [-0.1, -0.05) is 0 Å². The van der Waals surface area contributed by atoms with Crippen LogP contribution in [0.5, 0.6) is 11.5 Å². The molecule has 1 amide bonds. The molecule has 1 aromatic carbocycles. The molecule has 2 rings (SSSR count). The number of amides is 1. The summed E-state index contributed by atoms with van der Waals surface area (Å²) in [7, 11) is 4.75. The number of nitrogens with one attached hydrogen (secondary N) is 2. The summed E-state index contributed by atoms with van der Waals surface area (Å²) in [4.78, 5) is 12.7. The van der Waals surface area contributed by atoms with Gasteiger partial charge in [0.25, 0.3) is 5.91 Å². The summed E-state index contributed by atoms with van der Waals surface area (Å²) in [6.45, 7) is 3.46. The van der Waals surface area contributed by atoms with E-state index in [0.29, 0.717) is 30.0 Å². The summed E-state index contributed by atoms with van der Waals surface area (Å²) < 4.78 is 16.1. The number of carbonyl (C=O) groups is 1. The molecule has 6 nitrogen and oxygen atoms in total. The van der Waals surface area contributed by atoms with Crippen LogP contribution in [0.15, 0.2) is 12.1 Å². The Labute approximate surface area is 131 Å². The summed E-state index contributed by atoms with van der Waals surface area (Å²) in [6.07, 6.45) is 1.31. The molecule has 0 saturated carbocycles. The largest absolute Gasteiger partial charge is 0.493 e. The van der Waals surface area contributed by atoms with E-state index >= 15 is 0 Å². The molecule has 22 heavy (non-hydrogen) atoms. The zero-order chi connectivity index (χ0) is 16.2. The smallest absolute Gasteiger partial charge is 0.256 e. The van der Waals surface area contributed by atoms with Crippen LogP contribution in [-0.2, 0) is 9.53 Å². The first kappa shape index (κ1) is 16.6. The summed E-state index contributed by atoms with van der Waals surface area (Å²) in [5.41, 5.74) is 0.842. The van der Waals surface area contributed by atoms with E-state index in [1.54, 1.807) is 27.4 Å². The molecule has 1 saturated heterocycles. The first-order chi connectivity index (χ1) is 10.6. The monoisotopic (exact) mass is 308 g/mol. The van der Waals surface area contributed by atoms with Gasteiger partial charge in [-0.3, -0.25) is 4.79 Å². The lowest BCUT2D eigenvalue weighted by atomic mass is 9.91. The second-order valence-electron chi connectivity index (χ2n) is 5.42. The van der Waals surface area contributed by atoms with Gasteiger partial charge in [0.1, 0.15) is 5.60 Å². The van der Waals surface area contributed by atoms with E-state index in [0.717, 1.165) is 18.7 Å². The minimum Gasteiger partial charge on any atom is -0.493 e. The van der Waals surface area contributed by atoms with Crippen LogP contribution in [0.1, 0.15) is 18.4 Å². The van der Waals surface area contributed by atoms with Crippen LogP contribution in [0.25, 0.3) is 0 Å². The maximum atomic E-state index is 12.7. The van der Waals surface area contributed by atoms with Gasteiger partial charge in [-0.15, -0.1) is 0 Å². The Balaban J connectivity index is 2.24. The van der Waals surface area contributed by atoms with Gasteiger partial charge in [0.2, 0.25) is 0 Å². The number of aryl methyl sites for hydroxylation is 1. The van der Waals surface area contributed by atoms with Gasteiger partial charge < -0.3 is 24.8 Å². The van der Waals surface area contributed by atoms with E-state index in [4.69, 9.17) is 14.2 Å². The lowest BCUT2D eigenvalue weighted by molar-refractivity contribution is -0.140. The minimum atomic E-state index is -0.773. The van der Waals surface area contributed by atoms with Gasteiger partial charge in [-0.05, 0) is 44.5 Å². The lowest BCUT2D eigenvalue weighted by Gasteiger charge is -2.35. The molecule has 1 heterocycles. The molecule has 0 unspecified atom stereocenters. The normalized spacial score (nSPS) is 16.9.